The van der Waals surface area contributed by atoms with Gasteiger partial charge in [-0.05, 0) is 49.6 Å². The highest BCUT2D eigenvalue weighted by Crippen LogP contribution is 2.24. The van der Waals surface area contributed by atoms with Crippen molar-refractivity contribution in [2.24, 2.45) is 0 Å². The quantitative estimate of drug-likeness (QED) is 0.425. The number of carbonyl (C=O) groups is 2. The number of methoxy groups -OCH3 is 1. The zero-order valence-electron chi connectivity index (χ0n) is 20.1. The summed E-state index contributed by atoms with van der Waals surface area (Å²) in [6, 6.07) is 20.4. The van der Waals surface area contributed by atoms with E-state index in [0.29, 0.717) is 36.7 Å². The van der Waals surface area contributed by atoms with Crippen LogP contribution in [0.5, 0.6) is 5.75 Å². The normalized spacial score (nSPS) is 11.5. The molecule has 3 rings (SSSR count). The Balaban J connectivity index is 1.74. The Labute approximate surface area is 201 Å². The Morgan fingerprint density at radius 3 is 2.44 bits per heavy atom. The van der Waals surface area contributed by atoms with Crippen molar-refractivity contribution in [2.75, 3.05) is 25.5 Å². The van der Waals surface area contributed by atoms with E-state index in [0.717, 1.165) is 12.0 Å². The first-order valence-electron chi connectivity index (χ1n) is 11.6. The van der Waals surface area contributed by atoms with E-state index in [9.17, 15) is 9.59 Å². The minimum Gasteiger partial charge on any atom is -0.495 e. The van der Waals surface area contributed by atoms with Crippen LogP contribution in [0.1, 0.15) is 31.6 Å². The molecule has 0 aliphatic rings. The fourth-order valence-electron chi connectivity index (χ4n) is 3.62. The van der Waals surface area contributed by atoms with Crippen LogP contribution in [0.3, 0.4) is 0 Å². The summed E-state index contributed by atoms with van der Waals surface area (Å²) in [7, 11) is 1.56. The number of amides is 3. The molecule has 7 heteroatoms. The summed E-state index contributed by atoms with van der Waals surface area (Å²) in [5.41, 5.74) is 1.71. The zero-order valence-corrected chi connectivity index (χ0v) is 20.1. The SMILES string of the molecule is CCC(C)N(CC(=O)N(CCc1ccccc1)Cc1ccco1)C(=O)Nc1ccccc1OC. The molecule has 0 bridgehead atoms. The lowest BCUT2D eigenvalue weighted by Crippen LogP contribution is -2.48. The van der Waals surface area contributed by atoms with Gasteiger partial charge in [0.2, 0.25) is 5.91 Å². The number of urea groups is 1. The average molecular weight is 464 g/mol. The number of hydrogen-bond donors (Lipinski definition) is 1. The second-order valence-corrected chi connectivity index (χ2v) is 8.15. The third-order valence-corrected chi connectivity index (χ3v) is 5.83. The van der Waals surface area contributed by atoms with Crippen LogP contribution in [0.2, 0.25) is 0 Å². The third kappa shape index (κ3) is 6.88. The highest BCUT2D eigenvalue weighted by molar-refractivity contribution is 5.93. The maximum absolute atomic E-state index is 13.4. The van der Waals surface area contributed by atoms with Crippen LogP contribution in [0.25, 0.3) is 0 Å². The van der Waals surface area contributed by atoms with Gasteiger partial charge >= 0.3 is 6.03 Å². The van der Waals surface area contributed by atoms with Gasteiger partial charge in [-0.3, -0.25) is 4.79 Å². The molecule has 0 saturated heterocycles. The van der Waals surface area contributed by atoms with Gasteiger partial charge in [0.1, 0.15) is 18.1 Å². The van der Waals surface area contributed by atoms with Gasteiger partial charge < -0.3 is 24.3 Å². The Morgan fingerprint density at radius 1 is 1.03 bits per heavy atom. The van der Waals surface area contributed by atoms with E-state index in [1.165, 1.54) is 0 Å². The Morgan fingerprint density at radius 2 is 1.76 bits per heavy atom. The maximum Gasteiger partial charge on any atom is 0.322 e. The average Bonchev–Trinajstić information content (AvgIpc) is 3.38. The molecule has 2 aromatic carbocycles. The van der Waals surface area contributed by atoms with Crippen molar-refractivity contribution in [1.82, 2.24) is 9.80 Å². The molecule has 0 aliphatic heterocycles. The van der Waals surface area contributed by atoms with E-state index in [4.69, 9.17) is 9.15 Å². The minimum atomic E-state index is -0.340. The van der Waals surface area contributed by atoms with Crippen LogP contribution in [0.15, 0.2) is 77.4 Å². The molecule has 0 radical (unpaired) electrons. The predicted molar refractivity (Wildman–Crippen MR) is 133 cm³/mol. The summed E-state index contributed by atoms with van der Waals surface area (Å²) >= 11 is 0. The number of nitrogens with one attached hydrogen (secondary N) is 1. The molecule has 3 aromatic rings. The summed E-state index contributed by atoms with van der Waals surface area (Å²) in [6.07, 6.45) is 3.03. The molecule has 1 N–H and O–H groups in total. The summed E-state index contributed by atoms with van der Waals surface area (Å²) in [6.45, 7) is 4.77. The Kier molecular flexibility index (Phi) is 9.14. The fraction of sp³-hybridized carbons (Fsp3) is 0.333. The molecule has 34 heavy (non-hydrogen) atoms. The lowest BCUT2D eigenvalue weighted by molar-refractivity contribution is -0.133. The molecule has 1 aromatic heterocycles. The third-order valence-electron chi connectivity index (χ3n) is 5.83. The van der Waals surface area contributed by atoms with E-state index >= 15 is 0 Å². The van der Waals surface area contributed by atoms with Crippen molar-refractivity contribution < 1.29 is 18.7 Å². The molecule has 1 unspecified atom stereocenters. The van der Waals surface area contributed by atoms with Crippen LogP contribution in [-0.2, 0) is 17.8 Å². The molecule has 180 valence electrons. The number of carbonyl (C=O) groups excluding carboxylic acids is 2. The van der Waals surface area contributed by atoms with E-state index in [1.54, 1.807) is 41.4 Å². The van der Waals surface area contributed by atoms with Crippen LogP contribution in [-0.4, -0.2) is 48.0 Å². The van der Waals surface area contributed by atoms with Crippen molar-refractivity contribution in [3.05, 3.63) is 84.3 Å². The van der Waals surface area contributed by atoms with Gasteiger partial charge in [-0.25, -0.2) is 4.79 Å². The van der Waals surface area contributed by atoms with E-state index < -0.39 is 0 Å². The first-order chi connectivity index (χ1) is 16.5. The lowest BCUT2D eigenvalue weighted by atomic mass is 10.1. The van der Waals surface area contributed by atoms with Crippen molar-refractivity contribution in [2.45, 2.75) is 39.3 Å². The van der Waals surface area contributed by atoms with Crippen molar-refractivity contribution >= 4 is 17.6 Å². The number of nitrogens with zero attached hydrogens (tertiary/aromatic N) is 2. The van der Waals surface area contributed by atoms with Gasteiger partial charge in [-0.15, -0.1) is 0 Å². The van der Waals surface area contributed by atoms with Gasteiger partial charge in [0.05, 0.1) is 25.6 Å². The molecule has 1 heterocycles. The van der Waals surface area contributed by atoms with E-state index in [1.807, 2.05) is 62.4 Å². The highest BCUT2D eigenvalue weighted by Gasteiger charge is 2.26. The predicted octanol–water partition coefficient (Wildman–Crippen LogP) is 5.19. The Hall–Kier alpha value is -3.74. The van der Waals surface area contributed by atoms with Crippen molar-refractivity contribution in [1.29, 1.82) is 0 Å². The first kappa shape index (κ1) is 24.9. The molecule has 1 atom stereocenters. The number of furan rings is 1. The monoisotopic (exact) mass is 463 g/mol. The molecule has 3 amide bonds. The van der Waals surface area contributed by atoms with Gasteiger partial charge in [0, 0.05) is 12.6 Å². The molecule has 7 nitrogen and oxygen atoms in total. The smallest absolute Gasteiger partial charge is 0.322 e. The molecule has 0 aliphatic carbocycles. The van der Waals surface area contributed by atoms with Gasteiger partial charge in [0.15, 0.2) is 0 Å². The molecular weight excluding hydrogens is 430 g/mol. The summed E-state index contributed by atoms with van der Waals surface area (Å²) in [5.74, 6) is 1.13. The molecule has 0 spiro atoms. The molecule has 0 fully saturated rings. The number of para-hydroxylation sites is 2. The summed E-state index contributed by atoms with van der Waals surface area (Å²) in [5, 5.41) is 2.90. The van der Waals surface area contributed by atoms with Crippen LogP contribution >= 0.6 is 0 Å². The standard InChI is InChI=1S/C27H33N3O4/c1-4-21(2)30(27(32)28-24-14-8-9-15-25(24)33-3)20-26(31)29(19-23-13-10-18-34-23)17-16-22-11-6-5-7-12-22/h5-15,18,21H,4,16-17,19-20H2,1-3H3,(H,28,32). The maximum atomic E-state index is 13.4. The topological polar surface area (TPSA) is 75.0 Å². The number of ether oxygens (including phenoxy) is 1. The Bertz CT molecular complexity index is 1040. The van der Waals surface area contributed by atoms with Crippen LogP contribution < -0.4 is 10.1 Å². The number of hydrogen-bond acceptors (Lipinski definition) is 4. The molecule has 0 saturated carbocycles. The van der Waals surface area contributed by atoms with Crippen molar-refractivity contribution in [3.63, 3.8) is 0 Å². The van der Waals surface area contributed by atoms with Gasteiger partial charge in [-0.2, -0.15) is 0 Å². The second kappa shape index (κ2) is 12.5. The van der Waals surface area contributed by atoms with Gasteiger partial charge in [-0.1, -0.05) is 49.4 Å². The van der Waals surface area contributed by atoms with E-state index in [-0.39, 0.29) is 24.5 Å². The first-order valence-corrected chi connectivity index (χ1v) is 11.6. The van der Waals surface area contributed by atoms with E-state index in [2.05, 4.69) is 5.32 Å². The number of anilines is 1. The summed E-state index contributed by atoms with van der Waals surface area (Å²) in [4.78, 5) is 30.0. The highest BCUT2D eigenvalue weighted by atomic mass is 16.5. The van der Waals surface area contributed by atoms with Gasteiger partial charge in [0.25, 0.3) is 0 Å². The summed E-state index contributed by atoms with van der Waals surface area (Å²) < 4.78 is 10.8. The van der Waals surface area contributed by atoms with Crippen LogP contribution in [0, 0.1) is 0 Å². The second-order valence-electron chi connectivity index (χ2n) is 8.15. The lowest BCUT2D eigenvalue weighted by Gasteiger charge is -2.31. The van der Waals surface area contributed by atoms with Crippen LogP contribution in [0.4, 0.5) is 10.5 Å². The number of rotatable bonds is 11. The number of benzene rings is 2. The minimum absolute atomic E-state index is 0.0362. The largest absolute Gasteiger partial charge is 0.495 e. The zero-order chi connectivity index (χ0) is 24.3. The van der Waals surface area contributed by atoms with Crippen molar-refractivity contribution in [3.8, 4) is 5.75 Å². The molecular formula is C27H33N3O4. The fourth-order valence-corrected chi connectivity index (χ4v) is 3.62.